The quantitative estimate of drug-likeness (QED) is 0.857. The molecule has 88 valence electrons. The van der Waals surface area contributed by atoms with Crippen LogP contribution < -0.4 is 5.73 Å². The van der Waals surface area contributed by atoms with Crippen molar-refractivity contribution in [2.24, 2.45) is 5.73 Å². The second-order valence-corrected chi connectivity index (χ2v) is 4.35. The fourth-order valence-corrected chi connectivity index (χ4v) is 1.98. The number of hydrogen-bond acceptors (Lipinski definition) is 1. The van der Waals surface area contributed by atoms with E-state index in [4.69, 9.17) is 5.73 Å². The summed E-state index contributed by atoms with van der Waals surface area (Å²) in [6.45, 7) is 1.97. The van der Waals surface area contributed by atoms with E-state index in [1.807, 2.05) is 37.3 Å². The summed E-state index contributed by atoms with van der Waals surface area (Å²) < 4.78 is 13.2. The predicted molar refractivity (Wildman–Crippen MR) is 69.2 cm³/mol. The standard InChI is InChI=1S/C15H16FN/c1-11(17)9-12-5-2-3-8-15(12)13-6-4-7-14(16)10-13/h2-8,10-11H,9,17H2,1H3. The normalized spacial score (nSPS) is 12.4. The Labute approximate surface area is 101 Å². The van der Waals surface area contributed by atoms with Crippen LogP contribution >= 0.6 is 0 Å². The molecule has 1 unspecified atom stereocenters. The largest absolute Gasteiger partial charge is 0.328 e. The molecule has 0 aliphatic rings. The van der Waals surface area contributed by atoms with E-state index in [1.165, 1.54) is 6.07 Å². The van der Waals surface area contributed by atoms with E-state index in [0.29, 0.717) is 0 Å². The van der Waals surface area contributed by atoms with Gasteiger partial charge in [0, 0.05) is 6.04 Å². The van der Waals surface area contributed by atoms with E-state index in [1.54, 1.807) is 12.1 Å². The summed E-state index contributed by atoms with van der Waals surface area (Å²) >= 11 is 0. The first-order valence-electron chi connectivity index (χ1n) is 5.76. The number of rotatable bonds is 3. The van der Waals surface area contributed by atoms with Gasteiger partial charge in [-0.25, -0.2) is 4.39 Å². The van der Waals surface area contributed by atoms with Crippen molar-refractivity contribution in [1.82, 2.24) is 0 Å². The Morgan fingerprint density at radius 1 is 1.12 bits per heavy atom. The van der Waals surface area contributed by atoms with Crippen LogP contribution in [0.15, 0.2) is 48.5 Å². The van der Waals surface area contributed by atoms with Gasteiger partial charge < -0.3 is 5.73 Å². The van der Waals surface area contributed by atoms with Gasteiger partial charge in [-0.3, -0.25) is 0 Å². The third-order valence-electron chi connectivity index (χ3n) is 2.69. The van der Waals surface area contributed by atoms with Gasteiger partial charge in [0.2, 0.25) is 0 Å². The minimum absolute atomic E-state index is 0.102. The summed E-state index contributed by atoms with van der Waals surface area (Å²) in [5.74, 6) is -0.210. The van der Waals surface area contributed by atoms with Gasteiger partial charge in [0.05, 0.1) is 0 Å². The fraction of sp³-hybridized carbons (Fsp3) is 0.200. The predicted octanol–water partition coefficient (Wildman–Crippen LogP) is 3.38. The maximum atomic E-state index is 13.2. The van der Waals surface area contributed by atoms with Crippen LogP contribution in [0.25, 0.3) is 11.1 Å². The molecule has 0 aromatic heterocycles. The van der Waals surface area contributed by atoms with E-state index < -0.39 is 0 Å². The van der Waals surface area contributed by atoms with Crippen LogP contribution in [-0.2, 0) is 6.42 Å². The highest BCUT2D eigenvalue weighted by atomic mass is 19.1. The molecule has 2 N–H and O–H groups in total. The van der Waals surface area contributed by atoms with Crippen LogP contribution in [-0.4, -0.2) is 6.04 Å². The van der Waals surface area contributed by atoms with E-state index in [0.717, 1.165) is 23.1 Å². The van der Waals surface area contributed by atoms with Crippen molar-refractivity contribution in [3.05, 3.63) is 59.9 Å². The van der Waals surface area contributed by atoms with E-state index in [9.17, 15) is 4.39 Å². The first kappa shape index (κ1) is 11.8. The van der Waals surface area contributed by atoms with Crippen LogP contribution in [0.5, 0.6) is 0 Å². The van der Waals surface area contributed by atoms with E-state index >= 15 is 0 Å². The molecule has 1 nitrogen and oxygen atoms in total. The SMILES string of the molecule is CC(N)Cc1ccccc1-c1cccc(F)c1. The summed E-state index contributed by atoms with van der Waals surface area (Å²) in [4.78, 5) is 0. The van der Waals surface area contributed by atoms with Crippen molar-refractivity contribution in [2.75, 3.05) is 0 Å². The monoisotopic (exact) mass is 229 g/mol. The molecule has 0 aliphatic carbocycles. The Morgan fingerprint density at radius 2 is 1.88 bits per heavy atom. The molecule has 0 radical (unpaired) electrons. The van der Waals surface area contributed by atoms with Crippen molar-refractivity contribution >= 4 is 0 Å². The van der Waals surface area contributed by atoms with Gasteiger partial charge in [0.15, 0.2) is 0 Å². The molecule has 0 bridgehead atoms. The first-order valence-corrected chi connectivity index (χ1v) is 5.76. The third kappa shape index (κ3) is 2.92. The summed E-state index contributed by atoms with van der Waals surface area (Å²) in [6.07, 6.45) is 0.798. The summed E-state index contributed by atoms with van der Waals surface area (Å²) in [6, 6.07) is 14.8. The van der Waals surface area contributed by atoms with Crippen LogP contribution in [0.1, 0.15) is 12.5 Å². The van der Waals surface area contributed by atoms with Crippen molar-refractivity contribution in [2.45, 2.75) is 19.4 Å². The van der Waals surface area contributed by atoms with Gasteiger partial charge in [-0.15, -0.1) is 0 Å². The maximum Gasteiger partial charge on any atom is 0.123 e. The van der Waals surface area contributed by atoms with Crippen molar-refractivity contribution in [3.8, 4) is 11.1 Å². The molecule has 2 rings (SSSR count). The van der Waals surface area contributed by atoms with Crippen LogP contribution in [0, 0.1) is 5.82 Å². The summed E-state index contributed by atoms with van der Waals surface area (Å²) in [5, 5.41) is 0. The topological polar surface area (TPSA) is 26.0 Å². The molecule has 0 aliphatic heterocycles. The zero-order valence-electron chi connectivity index (χ0n) is 9.86. The van der Waals surface area contributed by atoms with Crippen molar-refractivity contribution in [3.63, 3.8) is 0 Å². The highest BCUT2D eigenvalue weighted by Crippen LogP contribution is 2.24. The Morgan fingerprint density at radius 3 is 2.59 bits per heavy atom. The maximum absolute atomic E-state index is 13.2. The third-order valence-corrected chi connectivity index (χ3v) is 2.69. The molecule has 0 saturated carbocycles. The van der Waals surface area contributed by atoms with Crippen molar-refractivity contribution in [1.29, 1.82) is 0 Å². The summed E-state index contributed by atoms with van der Waals surface area (Å²) in [5.41, 5.74) is 8.95. The molecule has 0 fully saturated rings. The molecule has 2 heteroatoms. The zero-order chi connectivity index (χ0) is 12.3. The number of halogens is 1. The van der Waals surface area contributed by atoms with Gasteiger partial charge in [0.1, 0.15) is 5.82 Å². The van der Waals surface area contributed by atoms with Crippen molar-refractivity contribution < 1.29 is 4.39 Å². The smallest absolute Gasteiger partial charge is 0.123 e. The number of benzene rings is 2. The molecule has 2 aromatic rings. The Kier molecular flexibility index (Phi) is 3.55. The fourth-order valence-electron chi connectivity index (χ4n) is 1.98. The molecule has 17 heavy (non-hydrogen) atoms. The Balaban J connectivity index is 2.44. The zero-order valence-corrected chi connectivity index (χ0v) is 9.86. The second kappa shape index (κ2) is 5.11. The lowest BCUT2D eigenvalue weighted by Gasteiger charge is -2.11. The number of hydrogen-bond donors (Lipinski definition) is 1. The van der Waals surface area contributed by atoms with Crippen LogP contribution in [0.2, 0.25) is 0 Å². The van der Waals surface area contributed by atoms with Gasteiger partial charge in [-0.05, 0) is 42.2 Å². The first-order chi connectivity index (χ1) is 8.16. The average molecular weight is 229 g/mol. The highest BCUT2D eigenvalue weighted by Gasteiger charge is 2.06. The lowest BCUT2D eigenvalue weighted by molar-refractivity contribution is 0.628. The molecule has 1 atom stereocenters. The average Bonchev–Trinajstić information content (AvgIpc) is 2.29. The van der Waals surface area contributed by atoms with E-state index in [2.05, 4.69) is 0 Å². The second-order valence-electron chi connectivity index (χ2n) is 4.35. The summed E-state index contributed by atoms with van der Waals surface area (Å²) in [7, 11) is 0. The minimum Gasteiger partial charge on any atom is -0.328 e. The lowest BCUT2D eigenvalue weighted by Crippen LogP contribution is -2.18. The van der Waals surface area contributed by atoms with Crippen LogP contribution in [0.4, 0.5) is 4.39 Å². The molecule has 2 aromatic carbocycles. The molecule has 0 spiro atoms. The Hall–Kier alpha value is -1.67. The molecule has 0 saturated heterocycles. The van der Waals surface area contributed by atoms with Gasteiger partial charge in [-0.2, -0.15) is 0 Å². The lowest BCUT2D eigenvalue weighted by atomic mass is 9.96. The van der Waals surface area contributed by atoms with E-state index in [-0.39, 0.29) is 11.9 Å². The van der Waals surface area contributed by atoms with Gasteiger partial charge >= 0.3 is 0 Å². The Bertz CT molecular complexity index is 506. The molecular weight excluding hydrogens is 213 g/mol. The van der Waals surface area contributed by atoms with Gasteiger partial charge in [0.25, 0.3) is 0 Å². The minimum atomic E-state index is -0.210. The molecule has 0 heterocycles. The molecule has 0 amide bonds. The highest BCUT2D eigenvalue weighted by molar-refractivity contribution is 5.67. The number of nitrogens with two attached hydrogens (primary N) is 1. The molecular formula is C15H16FN. The van der Waals surface area contributed by atoms with Crippen LogP contribution in [0.3, 0.4) is 0 Å². The van der Waals surface area contributed by atoms with Gasteiger partial charge in [-0.1, -0.05) is 36.4 Å².